The standard InChI is InChI=1S/C10H18N4O4/c11-5-1-7(9(15)16)13(3-5)14-4-6(12)2-8(14)10(17)18/h5-8H,1-4,11-12H2,(H,15,16)(H,17,18)/t5-,6-,7+,8+/m0/s1. The molecule has 0 radical (unpaired) electrons. The van der Waals surface area contributed by atoms with Crippen molar-refractivity contribution in [2.24, 2.45) is 11.5 Å². The Morgan fingerprint density at radius 2 is 1.22 bits per heavy atom. The fourth-order valence-corrected chi connectivity index (χ4v) is 2.73. The lowest BCUT2D eigenvalue weighted by Gasteiger charge is -2.33. The van der Waals surface area contributed by atoms with Crippen molar-refractivity contribution >= 4 is 11.9 Å². The van der Waals surface area contributed by atoms with Gasteiger partial charge in [0.15, 0.2) is 0 Å². The van der Waals surface area contributed by atoms with Crippen molar-refractivity contribution in [3.8, 4) is 0 Å². The van der Waals surface area contributed by atoms with Crippen molar-refractivity contribution in [2.75, 3.05) is 13.1 Å². The van der Waals surface area contributed by atoms with Crippen LogP contribution in [0.1, 0.15) is 12.8 Å². The Hall–Kier alpha value is -1.22. The van der Waals surface area contributed by atoms with Crippen molar-refractivity contribution in [3.05, 3.63) is 0 Å². The molecule has 0 amide bonds. The van der Waals surface area contributed by atoms with Crippen LogP contribution in [-0.4, -0.2) is 69.4 Å². The highest BCUT2D eigenvalue weighted by molar-refractivity contribution is 5.75. The molecule has 8 heteroatoms. The summed E-state index contributed by atoms with van der Waals surface area (Å²) in [5.74, 6) is -1.96. The van der Waals surface area contributed by atoms with E-state index in [-0.39, 0.29) is 12.1 Å². The van der Waals surface area contributed by atoms with Gasteiger partial charge in [0, 0.05) is 25.2 Å². The van der Waals surface area contributed by atoms with Gasteiger partial charge in [0.1, 0.15) is 12.1 Å². The molecule has 18 heavy (non-hydrogen) atoms. The van der Waals surface area contributed by atoms with Gasteiger partial charge in [-0.3, -0.25) is 9.59 Å². The predicted molar refractivity (Wildman–Crippen MR) is 61.4 cm³/mol. The largest absolute Gasteiger partial charge is 0.480 e. The summed E-state index contributed by atoms with van der Waals surface area (Å²) in [6.45, 7) is 0.709. The summed E-state index contributed by atoms with van der Waals surface area (Å²) < 4.78 is 0. The lowest BCUT2D eigenvalue weighted by molar-refractivity contribution is -0.160. The Morgan fingerprint density at radius 3 is 1.50 bits per heavy atom. The molecule has 2 fully saturated rings. The van der Waals surface area contributed by atoms with Gasteiger partial charge in [-0.15, -0.1) is 0 Å². The maximum atomic E-state index is 11.2. The van der Waals surface area contributed by atoms with E-state index in [0.717, 1.165) is 0 Å². The molecule has 2 aliphatic heterocycles. The summed E-state index contributed by atoms with van der Waals surface area (Å²) in [4.78, 5) is 22.3. The summed E-state index contributed by atoms with van der Waals surface area (Å²) in [5.41, 5.74) is 11.5. The number of hydrazine groups is 1. The zero-order valence-corrected chi connectivity index (χ0v) is 9.90. The average molecular weight is 258 g/mol. The smallest absolute Gasteiger partial charge is 0.322 e. The Bertz CT molecular complexity index is 330. The summed E-state index contributed by atoms with van der Waals surface area (Å²) in [6.07, 6.45) is 0.654. The molecule has 6 N–H and O–H groups in total. The zero-order chi connectivity index (χ0) is 13.4. The van der Waals surface area contributed by atoms with E-state index >= 15 is 0 Å². The minimum absolute atomic E-state index is 0.252. The summed E-state index contributed by atoms with van der Waals surface area (Å²) in [7, 11) is 0. The van der Waals surface area contributed by atoms with Crippen LogP contribution < -0.4 is 11.5 Å². The molecule has 0 unspecified atom stereocenters. The van der Waals surface area contributed by atoms with Crippen LogP contribution in [-0.2, 0) is 9.59 Å². The molecular formula is C10H18N4O4. The van der Waals surface area contributed by atoms with E-state index in [4.69, 9.17) is 21.7 Å². The van der Waals surface area contributed by atoms with E-state index in [9.17, 15) is 9.59 Å². The van der Waals surface area contributed by atoms with E-state index < -0.39 is 24.0 Å². The van der Waals surface area contributed by atoms with Crippen LogP contribution in [0, 0.1) is 0 Å². The van der Waals surface area contributed by atoms with Crippen molar-refractivity contribution in [3.63, 3.8) is 0 Å². The minimum Gasteiger partial charge on any atom is -0.480 e. The second kappa shape index (κ2) is 4.81. The van der Waals surface area contributed by atoms with Gasteiger partial charge >= 0.3 is 11.9 Å². The molecule has 102 valence electrons. The number of carboxylic acid groups (broad SMARTS) is 2. The van der Waals surface area contributed by atoms with Crippen LogP contribution in [0.15, 0.2) is 0 Å². The summed E-state index contributed by atoms with van der Waals surface area (Å²) >= 11 is 0. The molecule has 2 saturated heterocycles. The fraction of sp³-hybridized carbons (Fsp3) is 0.800. The second-order valence-corrected chi connectivity index (χ2v) is 4.94. The first-order chi connectivity index (χ1) is 8.40. The minimum atomic E-state index is -0.979. The van der Waals surface area contributed by atoms with E-state index in [1.54, 1.807) is 10.0 Å². The summed E-state index contributed by atoms with van der Waals surface area (Å²) in [6, 6.07) is -2.02. The molecule has 0 bridgehead atoms. The summed E-state index contributed by atoms with van der Waals surface area (Å²) in [5, 5.41) is 21.4. The molecule has 0 aromatic heterocycles. The Labute approximate surface area is 104 Å². The molecule has 2 rings (SSSR count). The van der Waals surface area contributed by atoms with Crippen molar-refractivity contribution in [1.82, 2.24) is 10.0 Å². The van der Waals surface area contributed by atoms with Crippen molar-refractivity contribution in [2.45, 2.75) is 37.0 Å². The van der Waals surface area contributed by atoms with Crippen molar-refractivity contribution in [1.29, 1.82) is 0 Å². The molecule has 8 nitrogen and oxygen atoms in total. The van der Waals surface area contributed by atoms with Gasteiger partial charge in [-0.25, -0.2) is 10.0 Å². The first-order valence-electron chi connectivity index (χ1n) is 5.90. The van der Waals surface area contributed by atoms with Gasteiger partial charge in [-0.1, -0.05) is 0 Å². The Balaban J connectivity index is 2.18. The van der Waals surface area contributed by atoms with Gasteiger partial charge in [0.05, 0.1) is 0 Å². The third-order valence-corrected chi connectivity index (χ3v) is 3.51. The normalized spacial score (nSPS) is 38.1. The van der Waals surface area contributed by atoms with Crippen molar-refractivity contribution < 1.29 is 19.8 Å². The maximum Gasteiger partial charge on any atom is 0.322 e. The van der Waals surface area contributed by atoms with Crippen LogP contribution in [0.4, 0.5) is 0 Å². The predicted octanol–water partition coefficient (Wildman–Crippen LogP) is -2.13. The molecular weight excluding hydrogens is 240 g/mol. The molecule has 4 atom stereocenters. The second-order valence-electron chi connectivity index (χ2n) is 4.94. The highest BCUT2D eigenvalue weighted by Crippen LogP contribution is 2.26. The molecule has 0 aliphatic carbocycles. The zero-order valence-electron chi connectivity index (χ0n) is 9.90. The van der Waals surface area contributed by atoms with Gasteiger partial charge in [-0.05, 0) is 12.8 Å². The molecule has 0 saturated carbocycles. The number of nitrogens with zero attached hydrogens (tertiary/aromatic N) is 2. The number of hydrogen-bond donors (Lipinski definition) is 4. The molecule has 2 aliphatic rings. The Morgan fingerprint density at radius 1 is 0.889 bits per heavy atom. The van der Waals surface area contributed by atoms with Crippen LogP contribution in [0.25, 0.3) is 0 Å². The van der Waals surface area contributed by atoms with E-state index in [2.05, 4.69) is 0 Å². The number of carbonyl (C=O) groups is 2. The number of rotatable bonds is 3. The fourth-order valence-electron chi connectivity index (χ4n) is 2.73. The third-order valence-electron chi connectivity index (χ3n) is 3.51. The maximum absolute atomic E-state index is 11.2. The number of aliphatic carboxylic acids is 2. The number of nitrogens with two attached hydrogens (primary N) is 2. The monoisotopic (exact) mass is 258 g/mol. The molecule has 0 spiro atoms. The highest BCUT2D eigenvalue weighted by atomic mass is 16.4. The molecule has 0 aromatic rings. The molecule has 2 heterocycles. The molecule has 0 aromatic carbocycles. The van der Waals surface area contributed by atoms with Crippen LogP contribution in [0.3, 0.4) is 0 Å². The van der Waals surface area contributed by atoms with E-state index in [1.165, 1.54) is 0 Å². The van der Waals surface area contributed by atoms with Crippen LogP contribution in [0.5, 0.6) is 0 Å². The SMILES string of the molecule is N[C@H]1C[C@H](C(=O)O)N(N2C[C@@H](N)C[C@@H]2C(=O)O)C1. The van der Waals surface area contributed by atoms with Gasteiger partial charge < -0.3 is 21.7 Å². The number of hydrogen-bond acceptors (Lipinski definition) is 6. The van der Waals surface area contributed by atoms with Gasteiger partial charge in [-0.2, -0.15) is 0 Å². The highest BCUT2D eigenvalue weighted by Gasteiger charge is 2.46. The van der Waals surface area contributed by atoms with Gasteiger partial charge in [0.2, 0.25) is 0 Å². The first-order valence-corrected chi connectivity index (χ1v) is 5.90. The van der Waals surface area contributed by atoms with Gasteiger partial charge in [0.25, 0.3) is 0 Å². The van der Waals surface area contributed by atoms with Crippen LogP contribution >= 0.6 is 0 Å². The third kappa shape index (κ3) is 2.32. The number of carboxylic acids is 2. The van der Waals surface area contributed by atoms with Crippen LogP contribution in [0.2, 0.25) is 0 Å². The first kappa shape index (κ1) is 13.2. The average Bonchev–Trinajstić information content (AvgIpc) is 2.81. The van der Waals surface area contributed by atoms with E-state index in [0.29, 0.717) is 25.9 Å². The lowest BCUT2D eigenvalue weighted by Crippen LogP contribution is -2.53. The quantitative estimate of drug-likeness (QED) is 0.451. The topological polar surface area (TPSA) is 133 Å². The lowest BCUT2D eigenvalue weighted by atomic mass is 10.2. The van der Waals surface area contributed by atoms with E-state index in [1.807, 2.05) is 0 Å². The Kier molecular flexibility index (Phi) is 3.53.